The number of hydrogen-bond acceptors (Lipinski definition) is 5. The first kappa shape index (κ1) is 17.2. The van der Waals surface area contributed by atoms with Crippen LogP contribution < -0.4 is 0 Å². The molecule has 0 rings (SSSR count). The minimum atomic E-state index is -4.64. The van der Waals surface area contributed by atoms with E-state index in [1.165, 1.54) is 6.92 Å². The van der Waals surface area contributed by atoms with Crippen LogP contribution in [0.25, 0.3) is 0 Å². The smallest absolute Gasteiger partial charge is 0.462 e. The molecule has 0 spiro atoms. The Morgan fingerprint density at radius 3 is 1.94 bits per heavy atom. The molecule has 9 heteroatoms. The molecule has 0 aliphatic heterocycles. The summed E-state index contributed by atoms with van der Waals surface area (Å²) in [5.41, 5.74) is 0. The van der Waals surface area contributed by atoms with Crippen LogP contribution >= 0.6 is 7.82 Å². The van der Waals surface area contributed by atoms with Crippen molar-refractivity contribution >= 4 is 19.8 Å². The topological polar surface area (TPSA) is 130 Å². The molecule has 8 nitrogen and oxygen atoms in total. The maximum Gasteiger partial charge on any atom is 0.466 e. The lowest BCUT2D eigenvalue weighted by Crippen LogP contribution is -2.10. The van der Waals surface area contributed by atoms with E-state index in [9.17, 15) is 9.59 Å². The first-order valence-electron chi connectivity index (χ1n) is 3.87. The van der Waals surface area contributed by atoms with Crippen LogP contribution in [-0.4, -0.2) is 39.8 Å². The van der Waals surface area contributed by atoms with E-state index in [0.29, 0.717) is 0 Å². The van der Waals surface area contributed by atoms with Crippen LogP contribution in [0.5, 0.6) is 0 Å². The van der Waals surface area contributed by atoms with Gasteiger partial charge in [0.1, 0.15) is 13.2 Å². The summed E-state index contributed by atoms with van der Waals surface area (Å²) in [5.74, 6) is -0.906. The van der Waals surface area contributed by atoms with E-state index in [-0.39, 0.29) is 19.2 Å². The third-order valence-corrected chi connectivity index (χ3v) is 0.800. The number of ether oxygens (including phenoxy) is 2. The fourth-order valence-electron chi connectivity index (χ4n) is 0.387. The van der Waals surface area contributed by atoms with Crippen molar-refractivity contribution in [2.24, 2.45) is 0 Å². The molecule has 0 saturated heterocycles. The van der Waals surface area contributed by atoms with Gasteiger partial charge in [0.25, 0.3) is 0 Å². The molecule has 0 unspecified atom stereocenters. The summed E-state index contributed by atoms with van der Waals surface area (Å²) in [6.45, 7) is 4.65. The standard InChI is InChI=1S/C7H10O4.H3O4P/c1-3-7(9)11-5-4-10-6(2)8;1-5(2,3)4/h3H,1,4-5H2,2H3;(H3,1,2,3,4). The van der Waals surface area contributed by atoms with Crippen molar-refractivity contribution in [2.75, 3.05) is 13.2 Å². The molecular weight excluding hydrogens is 243 g/mol. The molecule has 0 fully saturated rings. The third kappa shape index (κ3) is 29.3. The van der Waals surface area contributed by atoms with Crippen molar-refractivity contribution in [1.29, 1.82) is 0 Å². The van der Waals surface area contributed by atoms with Gasteiger partial charge in [0, 0.05) is 13.0 Å². The Kier molecular flexibility index (Phi) is 9.72. The molecular formula is C7H13O8P. The van der Waals surface area contributed by atoms with Gasteiger partial charge in [0.15, 0.2) is 0 Å². The molecule has 0 aromatic carbocycles. The monoisotopic (exact) mass is 256 g/mol. The fourth-order valence-corrected chi connectivity index (χ4v) is 0.387. The molecule has 0 atom stereocenters. The largest absolute Gasteiger partial charge is 0.466 e. The number of carbonyl (C=O) groups excluding carboxylic acids is 2. The normalized spacial score (nSPS) is 9.50. The lowest BCUT2D eigenvalue weighted by Gasteiger charge is -2.01. The van der Waals surface area contributed by atoms with E-state index >= 15 is 0 Å². The maximum absolute atomic E-state index is 10.4. The minimum absolute atomic E-state index is 0.0738. The highest BCUT2D eigenvalue weighted by atomic mass is 31.2. The average Bonchev–Trinajstić information content (AvgIpc) is 2.09. The molecule has 94 valence electrons. The maximum atomic E-state index is 10.4. The number of carbonyl (C=O) groups is 2. The zero-order valence-electron chi connectivity index (χ0n) is 8.53. The predicted octanol–water partition coefficient (Wildman–Crippen LogP) is -0.650. The number of phosphoric acid groups is 1. The van der Waals surface area contributed by atoms with Crippen LogP contribution in [0.2, 0.25) is 0 Å². The summed E-state index contributed by atoms with van der Waals surface area (Å²) < 4.78 is 17.9. The van der Waals surface area contributed by atoms with Gasteiger partial charge < -0.3 is 24.2 Å². The highest BCUT2D eigenvalue weighted by Gasteiger charge is 2.00. The van der Waals surface area contributed by atoms with Gasteiger partial charge in [-0.1, -0.05) is 6.58 Å². The molecule has 0 heterocycles. The number of esters is 2. The van der Waals surface area contributed by atoms with E-state index in [2.05, 4.69) is 16.1 Å². The molecule has 0 aromatic rings. The summed E-state index contributed by atoms with van der Waals surface area (Å²) in [6.07, 6.45) is 1.05. The van der Waals surface area contributed by atoms with Gasteiger partial charge in [-0.15, -0.1) is 0 Å². The van der Waals surface area contributed by atoms with Crippen LogP contribution in [0.1, 0.15) is 6.92 Å². The highest BCUT2D eigenvalue weighted by molar-refractivity contribution is 7.45. The van der Waals surface area contributed by atoms with E-state index in [1.807, 2.05) is 0 Å². The lowest BCUT2D eigenvalue weighted by atomic mass is 10.6. The van der Waals surface area contributed by atoms with Crippen LogP contribution in [-0.2, 0) is 23.6 Å². The van der Waals surface area contributed by atoms with Crippen molar-refractivity contribution < 1.29 is 38.3 Å². The first-order chi connectivity index (χ1) is 7.16. The molecule has 0 aromatic heterocycles. The van der Waals surface area contributed by atoms with E-state index in [0.717, 1.165) is 6.08 Å². The summed E-state index contributed by atoms with van der Waals surface area (Å²) >= 11 is 0. The van der Waals surface area contributed by atoms with Crippen molar-refractivity contribution in [2.45, 2.75) is 6.92 Å². The SMILES string of the molecule is C=CC(=O)OCCOC(C)=O.O=P(O)(O)O. The molecule has 3 N–H and O–H groups in total. The Bertz CT molecular complexity index is 272. The summed E-state index contributed by atoms with van der Waals surface area (Å²) in [4.78, 5) is 42.1. The van der Waals surface area contributed by atoms with Gasteiger partial charge in [-0.25, -0.2) is 9.36 Å². The van der Waals surface area contributed by atoms with E-state index < -0.39 is 13.8 Å². The van der Waals surface area contributed by atoms with Gasteiger partial charge in [-0.2, -0.15) is 0 Å². The second-order valence-corrected chi connectivity index (χ2v) is 3.25. The molecule has 0 aliphatic carbocycles. The minimum Gasteiger partial charge on any atom is -0.462 e. The molecule has 0 amide bonds. The van der Waals surface area contributed by atoms with E-state index in [1.54, 1.807) is 0 Å². The second kappa shape index (κ2) is 9.05. The fraction of sp³-hybridized carbons (Fsp3) is 0.429. The predicted molar refractivity (Wildman–Crippen MR) is 52.1 cm³/mol. The Morgan fingerprint density at radius 2 is 1.62 bits per heavy atom. The van der Waals surface area contributed by atoms with Gasteiger partial charge in [0.05, 0.1) is 0 Å². The Labute approximate surface area is 91.7 Å². The van der Waals surface area contributed by atoms with Crippen LogP contribution in [0.3, 0.4) is 0 Å². The lowest BCUT2D eigenvalue weighted by molar-refractivity contribution is -0.147. The average molecular weight is 256 g/mol. The Hall–Kier alpha value is -1.21. The molecule has 0 radical (unpaired) electrons. The quantitative estimate of drug-likeness (QED) is 0.262. The molecule has 0 saturated carbocycles. The first-order valence-corrected chi connectivity index (χ1v) is 5.44. The third-order valence-electron chi connectivity index (χ3n) is 0.800. The molecule has 0 aliphatic rings. The van der Waals surface area contributed by atoms with Crippen molar-refractivity contribution in [3.63, 3.8) is 0 Å². The number of hydrogen-bond donors (Lipinski definition) is 3. The molecule has 16 heavy (non-hydrogen) atoms. The van der Waals surface area contributed by atoms with Gasteiger partial charge in [-0.05, 0) is 0 Å². The van der Waals surface area contributed by atoms with Crippen LogP contribution in [0.4, 0.5) is 0 Å². The summed E-state index contributed by atoms with van der Waals surface area (Å²) in [5, 5.41) is 0. The Morgan fingerprint density at radius 1 is 1.25 bits per heavy atom. The zero-order valence-corrected chi connectivity index (χ0v) is 9.42. The highest BCUT2D eigenvalue weighted by Crippen LogP contribution is 2.25. The van der Waals surface area contributed by atoms with Gasteiger partial charge in [-0.3, -0.25) is 4.79 Å². The van der Waals surface area contributed by atoms with Crippen molar-refractivity contribution in [3.05, 3.63) is 12.7 Å². The molecule has 0 bridgehead atoms. The number of rotatable bonds is 4. The zero-order chi connectivity index (χ0) is 13.2. The summed E-state index contributed by atoms with van der Waals surface area (Å²) in [7, 11) is -4.64. The second-order valence-electron chi connectivity index (χ2n) is 2.22. The Balaban J connectivity index is 0. The van der Waals surface area contributed by atoms with E-state index in [4.69, 9.17) is 19.2 Å². The van der Waals surface area contributed by atoms with Crippen molar-refractivity contribution in [3.8, 4) is 0 Å². The van der Waals surface area contributed by atoms with Gasteiger partial charge in [0.2, 0.25) is 0 Å². The van der Waals surface area contributed by atoms with Crippen molar-refractivity contribution in [1.82, 2.24) is 0 Å². The summed E-state index contributed by atoms with van der Waals surface area (Å²) in [6, 6.07) is 0. The van der Waals surface area contributed by atoms with Crippen LogP contribution in [0.15, 0.2) is 12.7 Å². The van der Waals surface area contributed by atoms with Crippen LogP contribution in [0, 0.1) is 0 Å². The van der Waals surface area contributed by atoms with Gasteiger partial charge >= 0.3 is 19.8 Å².